The van der Waals surface area contributed by atoms with Gasteiger partial charge in [0.25, 0.3) is 5.91 Å². The molecule has 5 N–H and O–H groups in total. The van der Waals surface area contributed by atoms with Gasteiger partial charge in [-0.05, 0) is 103 Å². The Hall–Kier alpha value is -4.04. The molecule has 1 aromatic carbocycles. The van der Waals surface area contributed by atoms with Crippen LogP contribution in [0.4, 0.5) is 5.69 Å². The summed E-state index contributed by atoms with van der Waals surface area (Å²) in [5.41, 5.74) is 0.183. The molecule has 2 aromatic rings. The lowest BCUT2D eigenvalue weighted by molar-refractivity contribution is -0.150. The number of thiazole rings is 1. The van der Waals surface area contributed by atoms with Crippen LogP contribution in [0.15, 0.2) is 29.6 Å². The van der Waals surface area contributed by atoms with E-state index < -0.39 is 53.0 Å². The zero-order valence-corrected chi connectivity index (χ0v) is 38.9. The van der Waals surface area contributed by atoms with Gasteiger partial charge >= 0.3 is 11.9 Å². The molecule has 0 unspecified atom stereocenters. The Balaban J connectivity index is 1.94. The fourth-order valence-electron chi connectivity index (χ4n) is 7.81. The van der Waals surface area contributed by atoms with Gasteiger partial charge in [-0.15, -0.1) is 11.3 Å². The molecule has 1 aliphatic rings. The second-order valence-corrected chi connectivity index (χ2v) is 19.2. The van der Waals surface area contributed by atoms with Crippen LogP contribution in [0.2, 0.25) is 0 Å². The Morgan fingerprint density at radius 1 is 1.02 bits per heavy atom. The fourth-order valence-corrected chi connectivity index (χ4v) is 8.65. The summed E-state index contributed by atoms with van der Waals surface area (Å²) >= 11 is 1.20. The van der Waals surface area contributed by atoms with Crippen molar-refractivity contribution in [3.8, 4) is 0 Å². The number of rotatable bonds is 25. The number of nitrogens with zero attached hydrogens (tertiary/aromatic N) is 2. The van der Waals surface area contributed by atoms with E-state index in [1.54, 1.807) is 19.2 Å². The van der Waals surface area contributed by atoms with E-state index in [2.05, 4.69) is 42.0 Å². The quantitative estimate of drug-likeness (QED) is 0.0487. The molecule has 0 saturated carbocycles. The maximum Gasteiger partial charge on any atom is 0.309 e. The number of ether oxygens (including phenoxy) is 1. The highest BCUT2D eigenvalue weighted by molar-refractivity contribution is 7.09. The summed E-state index contributed by atoms with van der Waals surface area (Å²) in [5, 5.41) is 24.9. The molecule has 2 heterocycles. The van der Waals surface area contributed by atoms with E-state index >= 15 is 0 Å². The summed E-state index contributed by atoms with van der Waals surface area (Å²) in [5.74, 6) is -2.47. The molecular weight excluding hydrogens is 781 g/mol. The Morgan fingerprint density at radius 2 is 1.70 bits per heavy atom. The molecule has 0 bridgehead atoms. The normalized spacial score (nSPS) is 18.0. The number of hydrogen-bond donors (Lipinski definition) is 5. The minimum Gasteiger partial charge on any atom is -0.481 e. The molecule has 3 rings (SSSR count). The summed E-state index contributed by atoms with van der Waals surface area (Å²) in [6, 6.07) is 6.48. The molecule has 1 aromatic heterocycles. The van der Waals surface area contributed by atoms with Crippen LogP contribution >= 0.6 is 11.3 Å². The summed E-state index contributed by atoms with van der Waals surface area (Å²) in [7, 11) is 0. The van der Waals surface area contributed by atoms with Crippen molar-refractivity contribution in [1.82, 2.24) is 25.8 Å². The van der Waals surface area contributed by atoms with Crippen LogP contribution in [0.25, 0.3) is 0 Å². The monoisotopic (exact) mass is 855 g/mol. The van der Waals surface area contributed by atoms with E-state index in [1.807, 2.05) is 63.8 Å². The third-order valence-electron chi connectivity index (χ3n) is 11.7. The first-order valence-electron chi connectivity index (χ1n) is 22.1. The molecule has 1 aliphatic heterocycles. The largest absolute Gasteiger partial charge is 0.481 e. The maximum absolute atomic E-state index is 14.9. The maximum atomic E-state index is 14.9. The predicted octanol–water partition coefficient (Wildman–Crippen LogP) is 7.91. The van der Waals surface area contributed by atoms with E-state index in [1.165, 1.54) is 18.3 Å². The van der Waals surface area contributed by atoms with Gasteiger partial charge in [-0.1, -0.05) is 72.4 Å². The number of unbranched alkanes of at least 4 members (excludes halogenated alkanes) is 3. The van der Waals surface area contributed by atoms with Crippen molar-refractivity contribution in [3.63, 3.8) is 0 Å². The number of aliphatic carboxylic acids is 1. The number of amides is 3. The van der Waals surface area contributed by atoms with Crippen LogP contribution in [-0.4, -0.2) is 87.4 Å². The number of anilines is 1. The van der Waals surface area contributed by atoms with Crippen LogP contribution in [0.1, 0.15) is 161 Å². The second kappa shape index (κ2) is 23.3. The number of carboxylic acids is 1. The molecule has 1 fully saturated rings. The minimum absolute atomic E-state index is 0.0585. The van der Waals surface area contributed by atoms with Crippen LogP contribution in [0.5, 0.6) is 0 Å². The highest BCUT2D eigenvalue weighted by atomic mass is 32.1. The zero-order chi connectivity index (χ0) is 44.8. The average molecular weight is 855 g/mol. The number of esters is 1. The molecule has 1 saturated heterocycles. The van der Waals surface area contributed by atoms with E-state index in [4.69, 9.17) is 9.72 Å². The third-order valence-corrected chi connectivity index (χ3v) is 12.6. The molecule has 0 aliphatic carbocycles. The van der Waals surface area contributed by atoms with E-state index in [0.29, 0.717) is 30.8 Å². The molecular formula is C46H74N6O7S. The van der Waals surface area contributed by atoms with Crippen LogP contribution in [-0.2, 0) is 30.3 Å². The molecule has 14 heteroatoms. The van der Waals surface area contributed by atoms with Crippen LogP contribution in [0, 0.1) is 17.3 Å². The minimum atomic E-state index is -1.11. The SMILES string of the molecule is CCCCCCN(C(=O)[C@@H](NC(=O)[C@@]1(C)CCCN1)[C@@H](C)CC)[C@H](C[C@@H](OC(C)=O)c1nc(C(=O)N[C@@H](Cc2ccc(NC(C)C)cc2)CC(C)(C)C(=O)O)cs1)C(C)C. The predicted molar refractivity (Wildman–Crippen MR) is 239 cm³/mol. The number of hydrogen-bond acceptors (Lipinski definition) is 10. The Morgan fingerprint density at radius 3 is 2.25 bits per heavy atom. The first kappa shape index (κ1) is 50.3. The zero-order valence-electron chi connectivity index (χ0n) is 38.1. The molecule has 0 radical (unpaired) electrons. The van der Waals surface area contributed by atoms with Crippen LogP contribution < -0.4 is 21.3 Å². The molecule has 0 spiro atoms. The van der Waals surface area contributed by atoms with Gasteiger partial charge in [0.1, 0.15) is 16.7 Å². The summed E-state index contributed by atoms with van der Waals surface area (Å²) < 4.78 is 5.93. The highest BCUT2D eigenvalue weighted by Gasteiger charge is 2.42. The van der Waals surface area contributed by atoms with Crippen molar-refractivity contribution >= 4 is 46.7 Å². The van der Waals surface area contributed by atoms with Gasteiger partial charge in [-0.2, -0.15) is 0 Å². The molecule has 13 nitrogen and oxygen atoms in total. The lowest BCUT2D eigenvalue weighted by Gasteiger charge is -2.40. The van der Waals surface area contributed by atoms with Gasteiger partial charge in [-0.3, -0.25) is 24.0 Å². The van der Waals surface area contributed by atoms with Gasteiger partial charge in [0, 0.05) is 49.1 Å². The first-order valence-corrected chi connectivity index (χ1v) is 23.0. The van der Waals surface area contributed by atoms with Crippen LogP contribution in [0.3, 0.4) is 0 Å². The highest BCUT2D eigenvalue weighted by Crippen LogP contribution is 2.33. The Bertz CT molecular complexity index is 1700. The second-order valence-electron chi connectivity index (χ2n) is 18.3. The first-order chi connectivity index (χ1) is 28.2. The van der Waals surface area contributed by atoms with Crippen molar-refractivity contribution in [2.75, 3.05) is 18.4 Å². The van der Waals surface area contributed by atoms with Gasteiger partial charge in [0.15, 0.2) is 6.10 Å². The van der Waals surface area contributed by atoms with E-state index in [0.717, 1.165) is 49.9 Å². The summed E-state index contributed by atoms with van der Waals surface area (Å²) in [6.07, 6.45) is 6.02. The standard InChI is InChI=1S/C46H74N6O7S/c1-12-14-15-16-24-52(42(55)39(31(7)13-2)51-43(56)46(11)22-17-23-47-46)37(29(3)4)26-38(59-32(8)53)41-50-36(28-60-41)40(54)49-35(27-45(9,10)44(57)58)25-33-18-20-34(21-19-33)48-30(5)6/h18-21,28-31,35,37-39,47-48H,12-17,22-27H2,1-11H3,(H,49,54)(H,51,56)(H,57,58)/t31-,35-,37+,38+,39-,46+/m0/s1. The van der Waals surface area contributed by atoms with E-state index in [-0.39, 0.29) is 48.2 Å². The van der Waals surface area contributed by atoms with Gasteiger partial charge in [0.2, 0.25) is 11.8 Å². The lowest BCUT2D eigenvalue weighted by Crippen LogP contribution is -2.60. The van der Waals surface area contributed by atoms with Crippen molar-refractivity contribution < 1.29 is 33.8 Å². The van der Waals surface area contributed by atoms with Gasteiger partial charge < -0.3 is 36.0 Å². The third kappa shape index (κ3) is 14.8. The van der Waals surface area contributed by atoms with Crippen molar-refractivity contribution in [1.29, 1.82) is 0 Å². The topological polar surface area (TPSA) is 179 Å². The number of aromatic nitrogens is 1. The number of benzene rings is 1. The van der Waals surface area contributed by atoms with Crippen molar-refractivity contribution in [2.45, 2.75) is 176 Å². The van der Waals surface area contributed by atoms with Crippen molar-refractivity contribution in [2.24, 2.45) is 17.3 Å². The summed E-state index contributed by atoms with van der Waals surface area (Å²) in [4.78, 5) is 73.9. The lowest BCUT2D eigenvalue weighted by atomic mass is 9.84. The van der Waals surface area contributed by atoms with Crippen molar-refractivity contribution in [3.05, 3.63) is 45.9 Å². The Kier molecular flexibility index (Phi) is 19.5. The number of carbonyl (C=O) groups excluding carboxylic acids is 4. The van der Waals surface area contributed by atoms with Gasteiger partial charge in [0.05, 0.1) is 11.0 Å². The van der Waals surface area contributed by atoms with E-state index in [9.17, 15) is 29.1 Å². The molecule has 3 amide bonds. The number of carbonyl (C=O) groups is 5. The average Bonchev–Trinajstić information content (AvgIpc) is 3.86. The molecule has 6 atom stereocenters. The smallest absolute Gasteiger partial charge is 0.309 e. The summed E-state index contributed by atoms with van der Waals surface area (Å²) in [6.45, 7) is 22.1. The fraction of sp³-hybridized carbons (Fsp3) is 0.696. The van der Waals surface area contributed by atoms with Gasteiger partial charge in [-0.25, -0.2) is 4.98 Å². The number of carboxylic acid groups (broad SMARTS) is 1. The number of nitrogens with one attached hydrogen (secondary N) is 4. The Labute approximate surface area is 363 Å². The molecule has 336 valence electrons. The molecule has 60 heavy (non-hydrogen) atoms.